The maximum Gasteiger partial charge on any atom is 0.417 e. The van der Waals surface area contributed by atoms with Crippen molar-refractivity contribution >= 4 is 0 Å². The molecule has 1 fully saturated rings. The molecule has 0 heterocycles. The van der Waals surface area contributed by atoms with Crippen molar-refractivity contribution in [3.63, 3.8) is 0 Å². The second kappa shape index (κ2) is 9.21. The molecule has 6 heteroatoms. The third kappa shape index (κ3) is 6.74. The van der Waals surface area contributed by atoms with Crippen LogP contribution in [-0.2, 0) is 10.9 Å². The van der Waals surface area contributed by atoms with E-state index in [1.807, 2.05) is 6.08 Å². The summed E-state index contributed by atoms with van der Waals surface area (Å²) in [5.74, 6) is -0.508. The Morgan fingerprint density at radius 3 is 2.48 bits per heavy atom. The molecule has 2 rings (SSSR count). The van der Waals surface area contributed by atoms with Gasteiger partial charge in [-0.15, -0.1) is 6.58 Å². The van der Waals surface area contributed by atoms with Gasteiger partial charge in [0.15, 0.2) is 0 Å². The van der Waals surface area contributed by atoms with Crippen molar-refractivity contribution in [2.24, 2.45) is 0 Å². The van der Waals surface area contributed by atoms with Crippen LogP contribution in [-0.4, -0.2) is 17.8 Å². The molecule has 0 amide bonds. The first-order valence-electron chi connectivity index (χ1n) is 7.41. The second-order valence-corrected chi connectivity index (χ2v) is 5.22. The molecule has 3 nitrogen and oxygen atoms in total. The fourth-order valence-electron chi connectivity index (χ4n) is 2.30. The van der Waals surface area contributed by atoms with Gasteiger partial charge in [-0.1, -0.05) is 25.3 Å². The topological polar surface area (TPSA) is 53.2 Å². The molecule has 0 unspecified atom stereocenters. The summed E-state index contributed by atoms with van der Waals surface area (Å²) in [7, 11) is 0. The average molecular weight is 327 g/mol. The number of ether oxygens (including phenoxy) is 1. The van der Waals surface area contributed by atoms with Crippen LogP contribution in [0.3, 0.4) is 0 Å². The molecule has 1 aromatic carbocycles. The number of phenols is 1. The maximum absolute atomic E-state index is 12.2. The standard InChI is InChI=1S/C9H16O.C8H4F3NO/c1-2-8-10-9-6-4-3-5-7-9;9-8(10,11)7-3-6(13)2-1-5(7)4-12/h2,9H,1,3-8H2;1-3,13H. The number of hydrogen-bond acceptors (Lipinski definition) is 3. The van der Waals surface area contributed by atoms with Gasteiger partial charge in [0, 0.05) is 0 Å². The van der Waals surface area contributed by atoms with E-state index in [0.717, 1.165) is 18.7 Å². The minimum absolute atomic E-state index is 0.495. The van der Waals surface area contributed by atoms with E-state index in [-0.39, 0.29) is 0 Å². The van der Waals surface area contributed by atoms with Gasteiger partial charge in [0.2, 0.25) is 0 Å². The fourth-order valence-corrected chi connectivity index (χ4v) is 2.30. The highest BCUT2D eigenvalue weighted by molar-refractivity contribution is 5.43. The number of phenolic OH excluding ortho intramolecular Hbond substituents is 1. The number of halogens is 3. The van der Waals surface area contributed by atoms with Crippen molar-refractivity contribution in [3.05, 3.63) is 42.0 Å². The largest absolute Gasteiger partial charge is 0.508 e. The number of nitriles is 1. The van der Waals surface area contributed by atoms with Gasteiger partial charge in [-0.25, -0.2) is 0 Å². The molecule has 1 aliphatic rings. The van der Waals surface area contributed by atoms with Gasteiger partial charge in [-0.2, -0.15) is 18.4 Å². The van der Waals surface area contributed by atoms with Crippen LogP contribution in [0.15, 0.2) is 30.9 Å². The van der Waals surface area contributed by atoms with E-state index in [9.17, 15) is 13.2 Å². The SMILES string of the molecule is C=CCOC1CCCCC1.N#Cc1ccc(O)cc1C(F)(F)F. The Labute approximate surface area is 134 Å². The molecule has 23 heavy (non-hydrogen) atoms. The lowest BCUT2D eigenvalue weighted by molar-refractivity contribution is -0.137. The molecule has 1 saturated carbocycles. The minimum atomic E-state index is -4.61. The molecule has 126 valence electrons. The summed E-state index contributed by atoms with van der Waals surface area (Å²) >= 11 is 0. The van der Waals surface area contributed by atoms with Crippen LogP contribution in [0.5, 0.6) is 5.75 Å². The summed E-state index contributed by atoms with van der Waals surface area (Å²) in [4.78, 5) is 0. The van der Waals surface area contributed by atoms with Gasteiger partial charge < -0.3 is 9.84 Å². The van der Waals surface area contributed by atoms with Gasteiger partial charge in [0.25, 0.3) is 0 Å². The molecule has 1 aromatic rings. The first-order valence-corrected chi connectivity index (χ1v) is 7.41. The maximum atomic E-state index is 12.2. The van der Waals surface area contributed by atoms with E-state index in [1.54, 1.807) is 0 Å². The van der Waals surface area contributed by atoms with Gasteiger partial charge in [-0.3, -0.25) is 0 Å². The van der Waals surface area contributed by atoms with Gasteiger partial charge in [0.05, 0.1) is 29.9 Å². The van der Waals surface area contributed by atoms with E-state index < -0.39 is 23.1 Å². The van der Waals surface area contributed by atoms with Crippen LogP contribution >= 0.6 is 0 Å². The van der Waals surface area contributed by atoms with Crippen molar-refractivity contribution in [3.8, 4) is 11.8 Å². The fraction of sp³-hybridized carbons (Fsp3) is 0.471. The first-order chi connectivity index (χ1) is 10.9. The Kier molecular flexibility index (Phi) is 7.63. The van der Waals surface area contributed by atoms with Crippen LogP contribution in [0.4, 0.5) is 13.2 Å². The first kappa shape index (κ1) is 19.0. The molecule has 0 radical (unpaired) electrons. The summed E-state index contributed by atoms with van der Waals surface area (Å²) in [5.41, 5.74) is -1.61. The number of benzene rings is 1. The third-order valence-electron chi connectivity index (χ3n) is 3.43. The van der Waals surface area contributed by atoms with Gasteiger partial charge in [-0.05, 0) is 31.0 Å². The monoisotopic (exact) mass is 327 g/mol. The molecule has 0 saturated heterocycles. The average Bonchev–Trinajstić information content (AvgIpc) is 2.53. The third-order valence-corrected chi connectivity index (χ3v) is 3.43. The minimum Gasteiger partial charge on any atom is -0.508 e. The molecule has 1 N–H and O–H groups in total. The number of alkyl halides is 3. The molecule has 0 atom stereocenters. The summed E-state index contributed by atoms with van der Waals surface area (Å²) in [6.45, 7) is 4.35. The zero-order chi connectivity index (χ0) is 17.3. The zero-order valence-corrected chi connectivity index (χ0v) is 12.8. The molecule has 0 spiro atoms. The summed E-state index contributed by atoms with van der Waals surface area (Å²) in [5, 5.41) is 17.1. The van der Waals surface area contributed by atoms with Gasteiger partial charge in [0.1, 0.15) is 5.75 Å². The van der Waals surface area contributed by atoms with Crippen molar-refractivity contribution in [1.82, 2.24) is 0 Å². The van der Waals surface area contributed by atoms with Crippen molar-refractivity contribution < 1.29 is 23.0 Å². The van der Waals surface area contributed by atoms with Crippen LogP contribution in [0.25, 0.3) is 0 Å². The van der Waals surface area contributed by atoms with E-state index in [2.05, 4.69) is 6.58 Å². The van der Waals surface area contributed by atoms with Crippen molar-refractivity contribution in [1.29, 1.82) is 5.26 Å². The number of hydrogen-bond donors (Lipinski definition) is 1. The normalized spacial score (nSPS) is 15.2. The summed E-state index contributed by atoms with van der Waals surface area (Å²) in [6.07, 6.45) is 4.37. The quantitative estimate of drug-likeness (QED) is 0.811. The molecule has 0 bridgehead atoms. The van der Waals surface area contributed by atoms with Crippen LogP contribution in [0.1, 0.15) is 43.2 Å². The highest BCUT2D eigenvalue weighted by Crippen LogP contribution is 2.33. The summed E-state index contributed by atoms with van der Waals surface area (Å²) in [6, 6.07) is 3.89. The molecule has 0 aliphatic heterocycles. The van der Waals surface area contributed by atoms with Crippen LogP contribution in [0, 0.1) is 11.3 Å². The van der Waals surface area contributed by atoms with E-state index in [0.29, 0.717) is 12.2 Å². The van der Waals surface area contributed by atoms with Gasteiger partial charge >= 0.3 is 6.18 Å². The lowest BCUT2D eigenvalue weighted by Crippen LogP contribution is -2.16. The predicted molar refractivity (Wildman–Crippen MR) is 80.8 cm³/mol. The Hall–Kier alpha value is -2.00. The summed E-state index contributed by atoms with van der Waals surface area (Å²) < 4.78 is 42.0. The highest BCUT2D eigenvalue weighted by Gasteiger charge is 2.33. The second-order valence-electron chi connectivity index (χ2n) is 5.22. The molecular formula is C17H20F3NO2. The van der Waals surface area contributed by atoms with Crippen LogP contribution < -0.4 is 0 Å². The molecule has 1 aliphatic carbocycles. The number of rotatable bonds is 3. The highest BCUT2D eigenvalue weighted by atomic mass is 19.4. The lowest BCUT2D eigenvalue weighted by atomic mass is 9.98. The molecular weight excluding hydrogens is 307 g/mol. The Balaban J connectivity index is 0.000000238. The Morgan fingerprint density at radius 1 is 1.30 bits per heavy atom. The predicted octanol–water partition coefficient (Wildman–Crippen LogP) is 4.80. The van der Waals surface area contributed by atoms with Crippen LogP contribution in [0.2, 0.25) is 0 Å². The number of aromatic hydroxyl groups is 1. The Bertz CT molecular complexity index is 544. The number of nitrogens with zero attached hydrogens (tertiary/aromatic N) is 1. The van der Waals surface area contributed by atoms with E-state index in [4.69, 9.17) is 15.1 Å². The van der Waals surface area contributed by atoms with E-state index >= 15 is 0 Å². The van der Waals surface area contributed by atoms with Crippen molar-refractivity contribution in [2.75, 3.05) is 6.61 Å². The smallest absolute Gasteiger partial charge is 0.417 e. The lowest BCUT2D eigenvalue weighted by Gasteiger charge is -2.20. The molecule has 0 aromatic heterocycles. The van der Waals surface area contributed by atoms with Crippen molar-refractivity contribution in [2.45, 2.75) is 44.4 Å². The van der Waals surface area contributed by atoms with E-state index in [1.165, 1.54) is 38.2 Å². The Morgan fingerprint density at radius 2 is 1.96 bits per heavy atom. The zero-order valence-electron chi connectivity index (χ0n) is 12.8.